The van der Waals surface area contributed by atoms with E-state index in [2.05, 4.69) is 10.6 Å². The fraction of sp³-hybridized carbons (Fsp3) is 0.889. The lowest BCUT2D eigenvalue weighted by Gasteiger charge is -2.24. The predicted molar refractivity (Wildman–Crippen MR) is 56.2 cm³/mol. The molecule has 80 valence electrons. The first kappa shape index (κ1) is 10.3. The zero-order valence-electron chi connectivity index (χ0n) is 8.12. The first-order valence-electron chi connectivity index (χ1n) is 5.05. The third kappa shape index (κ3) is 2.62. The van der Waals surface area contributed by atoms with Crippen LogP contribution < -0.4 is 10.6 Å². The molecule has 2 N–H and O–H groups in total. The maximum absolute atomic E-state index is 11.7. The molecule has 0 aromatic rings. The number of ether oxygens (including phenoxy) is 1. The molecule has 0 saturated carbocycles. The molecule has 2 heterocycles. The highest BCUT2D eigenvalue weighted by atomic mass is 32.2. The van der Waals surface area contributed by atoms with Crippen LogP contribution in [0, 0.1) is 0 Å². The Morgan fingerprint density at radius 1 is 1.43 bits per heavy atom. The zero-order valence-corrected chi connectivity index (χ0v) is 8.94. The Morgan fingerprint density at radius 3 is 2.86 bits per heavy atom. The average molecular weight is 216 g/mol. The Kier molecular flexibility index (Phi) is 3.67. The predicted octanol–water partition coefficient (Wildman–Crippen LogP) is -0.0559. The van der Waals surface area contributed by atoms with E-state index in [1.54, 1.807) is 11.8 Å². The van der Waals surface area contributed by atoms with Crippen molar-refractivity contribution in [2.75, 3.05) is 24.8 Å². The number of nitrogens with one attached hydrogen (secondary N) is 2. The number of hydrogen-bond acceptors (Lipinski definition) is 4. The lowest BCUT2D eigenvalue weighted by molar-refractivity contribution is -0.123. The molecule has 0 aromatic heterocycles. The first-order chi connectivity index (χ1) is 6.86. The van der Waals surface area contributed by atoms with Crippen LogP contribution in [-0.2, 0) is 9.53 Å². The van der Waals surface area contributed by atoms with Crippen LogP contribution in [0.25, 0.3) is 0 Å². The van der Waals surface area contributed by atoms with Gasteiger partial charge in [0.2, 0.25) is 5.91 Å². The maximum atomic E-state index is 11.7. The summed E-state index contributed by atoms with van der Waals surface area (Å²) in [5.74, 6) is 1.95. The van der Waals surface area contributed by atoms with Crippen molar-refractivity contribution >= 4 is 17.7 Å². The van der Waals surface area contributed by atoms with Gasteiger partial charge in [0, 0.05) is 30.9 Å². The molecule has 2 fully saturated rings. The van der Waals surface area contributed by atoms with Crippen molar-refractivity contribution in [2.45, 2.75) is 24.9 Å². The lowest BCUT2D eigenvalue weighted by Crippen LogP contribution is -2.47. The minimum Gasteiger partial charge on any atom is -0.381 e. The Morgan fingerprint density at radius 2 is 2.21 bits per heavy atom. The lowest BCUT2D eigenvalue weighted by atomic mass is 10.1. The van der Waals surface area contributed by atoms with Crippen molar-refractivity contribution < 1.29 is 9.53 Å². The Labute approximate surface area is 88.1 Å². The number of amides is 1. The van der Waals surface area contributed by atoms with Crippen LogP contribution in [0.2, 0.25) is 0 Å². The van der Waals surface area contributed by atoms with Gasteiger partial charge in [-0.15, -0.1) is 11.8 Å². The van der Waals surface area contributed by atoms with Gasteiger partial charge in [0.15, 0.2) is 0 Å². The molecule has 1 amide bonds. The van der Waals surface area contributed by atoms with Gasteiger partial charge in [-0.05, 0) is 12.8 Å². The Bertz CT molecular complexity index is 201. The van der Waals surface area contributed by atoms with Gasteiger partial charge < -0.3 is 10.1 Å². The maximum Gasteiger partial charge on any atom is 0.238 e. The fourth-order valence-corrected chi connectivity index (χ4v) is 2.65. The molecule has 4 nitrogen and oxygen atoms in total. The van der Waals surface area contributed by atoms with Gasteiger partial charge >= 0.3 is 0 Å². The summed E-state index contributed by atoms with van der Waals surface area (Å²) in [6.07, 6.45) is 1.90. The van der Waals surface area contributed by atoms with E-state index in [0.717, 1.165) is 37.7 Å². The third-order valence-corrected chi connectivity index (χ3v) is 3.54. The summed E-state index contributed by atoms with van der Waals surface area (Å²) in [4.78, 5) is 11.7. The molecule has 0 bridgehead atoms. The second kappa shape index (κ2) is 5.00. The molecule has 2 rings (SSSR count). The fourth-order valence-electron chi connectivity index (χ4n) is 1.71. The number of thioether (sulfide) groups is 1. The minimum absolute atomic E-state index is 0.0165. The molecule has 0 aliphatic carbocycles. The smallest absolute Gasteiger partial charge is 0.238 e. The summed E-state index contributed by atoms with van der Waals surface area (Å²) in [7, 11) is 0. The molecule has 1 atom stereocenters. The van der Waals surface area contributed by atoms with E-state index >= 15 is 0 Å². The van der Waals surface area contributed by atoms with Gasteiger partial charge in [0.25, 0.3) is 0 Å². The summed E-state index contributed by atoms with van der Waals surface area (Å²) in [6, 6.07) is 0.339. The van der Waals surface area contributed by atoms with E-state index in [1.165, 1.54) is 0 Å². The molecule has 0 aromatic carbocycles. The van der Waals surface area contributed by atoms with Crippen LogP contribution in [0.3, 0.4) is 0 Å². The summed E-state index contributed by atoms with van der Waals surface area (Å²) in [6.45, 7) is 1.55. The first-order valence-corrected chi connectivity index (χ1v) is 6.21. The SMILES string of the molecule is O=C(NC1CCOCC1)C1CSCN1. The van der Waals surface area contributed by atoms with Crippen molar-refractivity contribution in [3.05, 3.63) is 0 Å². The standard InChI is InChI=1S/C9H16N2O2S/c12-9(8-5-14-6-10-8)11-7-1-3-13-4-2-7/h7-8,10H,1-6H2,(H,11,12). The molecule has 2 saturated heterocycles. The largest absolute Gasteiger partial charge is 0.381 e. The van der Waals surface area contributed by atoms with E-state index in [4.69, 9.17) is 4.74 Å². The van der Waals surface area contributed by atoms with Gasteiger partial charge in [-0.2, -0.15) is 0 Å². The minimum atomic E-state index is 0.0165. The number of rotatable bonds is 2. The summed E-state index contributed by atoms with van der Waals surface area (Å²) >= 11 is 1.78. The van der Waals surface area contributed by atoms with E-state index in [9.17, 15) is 4.79 Å². The number of carbonyl (C=O) groups is 1. The van der Waals surface area contributed by atoms with Crippen molar-refractivity contribution in [2.24, 2.45) is 0 Å². The monoisotopic (exact) mass is 216 g/mol. The van der Waals surface area contributed by atoms with Crippen LogP contribution in [0.15, 0.2) is 0 Å². The van der Waals surface area contributed by atoms with E-state index in [1.807, 2.05) is 0 Å². The van der Waals surface area contributed by atoms with Gasteiger partial charge in [0.05, 0.1) is 6.04 Å². The number of hydrogen-bond donors (Lipinski definition) is 2. The topological polar surface area (TPSA) is 50.4 Å². The van der Waals surface area contributed by atoms with Gasteiger partial charge in [-0.3, -0.25) is 10.1 Å². The molecule has 14 heavy (non-hydrogen) atoms. The van der Waals surface area contributed by atoms with E-state index in [0.29, 0.717) is 6.04 Å². The van der Waals surface area contributed by atoms with Crippen molar-refractivity contribution in [3.8, 4) is 0 Å². The Balaban J connectivity index is 1.75. The van der Waals surface area contributed by atoms with Crippen LogP contribution in [0.4, 0.5) is 0 Å². The van der Waals surface area contributed by atoms with Crippen LogP contribution in [0.5, 0.6) is 0 Å². The number of carbonyl (C=O) groups excluding carboxylic acids is 1. The van der Waals surface area contributed by atoms with Crippen molar-refractivity contribution in [3.63, 3.8) is 0 Å². The second-order valence-corrected chi connectivity index (χ2v) is 4.70. The molecule has 0 spiro atoms. The van der Waals surface area contributed by atoms with Gasteiger partial charge in [0.1, 0.15) is 0 Å². The highest BCUT2D eigenvalue weighted by Gasteiger charge is 2.25. The molecule has 5 heteroatoms. The summed E-state index contributed by atoms with van der Waals surface area (Å²) < 4.78 is 5.24. The highest BCUT2D eigenvalue weighted by molar-refractivity contribution is 7.99. The molecular weight excluding hydrogens is 200 g/mol. The molecule has 0 radical (unpaired) electrons. The quantitative estimate of drug-likeness (QED) is 0.679. The summed E-state index contributed by atoms with van der Waals surface area (Å²) in [5.41, 5.74) is 0. The zero-order chi connectivity index (χ0) is 9.80. The molecule has 2 aliphatic heterocycles. The van der Waals surface area contributed by atoms with Crippen LogP contribution in [0.1, 0.15) is 12.8 Å². The second-order valence-electron chi connectivity index (χ2n) is 3.67. The average Bonchev–Trinajstić information content (AvgIpc) is 2.72. The van der Waals surface area contributed by atoms with E-state index in [-0.39, 0.29) is 11.9 Å². The molecule has 1 unspecified atom stereocenters. The van der Waals surface area contributed by atoms with Crippen LogP contribution >= 0.6 is 11.8 Å². The Hall–Kier alpha value is -0.260. The van der Waals surface area contributed by atoms with Gasteiger partial charge in [-0.25, -0.2) is 0 Å². The van der Waals surface area contributed by atoms with Crippen LogP contribution in [-0.4, -0.2) is 42.8 Å². The van der Waals surface area contributed by atoms with Crippen molar-refractivity contribution in [1.82, 2.24) is 10.6 Å². The molecular formula is C9H16N2O2S. The highest BCUT2D eigenvalue weighted by Crippen LogP contribution is 2.11. The van der Waals surface area contributed by atoms with Gasteiger partial charge in [-0.1, -0.05) is 0 Å². The van der Waals surface area contributed by atoms with E-state index < -0.39 is 0 Å². The van der Waals surface area contributed by atoms with Crippen molar-refractivity contribution in [1.29, 1.82) is 0 Å². The summed E-state index contributed by atoms with van der Waals surface area (Å²) in [5, 5.41) is 6.23. The normalized spacial score (nSPS) is 29.0. The molecule has 2 aliphatic rings. The third-order valence-electron chi connectivity index (χ3n) is 2.60.